The van der Waals surface area contributed by atoms with Gasteiger partial charge in [0.2, 0.25) is 0 Å². The number of sulfone groups is 1. The number of fused-ring (bicyclic) bond motifs is 1. The number of hydrogen-bond donors (Lipinski definition) is 2. The Bertz CT molecular complexity index is 1830. The lowest BCUT2D eigenvalue weighted by Crippen LogP contribution is -2.49. The van der Waals surface area contributed by atoms with Crippen LogP contribution in [-0.4, -0.2) is 71.7 Å². The highest BCUT2D eigenvalue weighted by Gasteiger charge is 2.39. The summed E-state index contributed by atoms with van der Waals surface area (Å²) >= 11 is 0. The van der Waals surface area contributed by atoms with Crippen LogP contribution >= 0.6 is 0 Å². The van der Waals surface area contributed by atoms with Crippen molar-refractivity contribution < 1.29 is 36.0 Å². The van der Waals surface area contributed by atoms with Gasteiger partial charge in [-0.1, -0.05) is 36.4 Å². The zero-order valence-corrected chi connectivity index (χ0v) is 24.2. The van der Waals surface area contributed by atoms with Gasteiger partial charge in [-0.15, -0.1) is 0 Å². The highest BCUT2D eigenvalue weighted by atomic mass is 32.2. The second kappa shape index (κ2) is 12.0. The maximum absolute atomic E-state index is 13.8. The van der Waals surface area contributed by atoms with Crippen molar-refractivity contribution in [2.24, 2.45) is 7.05 Å². The molecule has 1 aliphatic rings. The average Bonchev–Trinajstić information content (AvgIpc) is 3.37. The quantitative estimate of drug-likeness (QED) is 0.326. The van der Waals surface area contributed by atoms with Crippen LogP contribution in [0.2, 0.25) is 0 Å². The van der Waals surface area contributed by atoms with Crippen molar-refractivity contribution in [2.75, 3.05) is 29.5 Å². The maximum atomic E-state index is 13.8. The summed E-state index contributed by atoms with van der Waals surface area (Å²) in [5.41, 5.74) is 6.77. The number of halogens is 3. The molecule has 0 atom stereocenters. The minimum Gasteiger partial charge on any atom is -0.322 e. The zero-order chi connectivity index (χ0) is 31.6. The van der Waals surface area contributed by atoms with Crippen molar-refractivity contribution in [3.8, 4) is 11.1 Å². The van der Waals surface area contributed by atoms with Gasteiger partial charge in [-0.25, -0.2) is 13.2 Å². The van der Waals surface area contributed by atoms with E-state index in [9.17, 15) is 36.0 Å². The normalized spacial score (nSPS) is 14.7. The lowest BCUT2D eigenvalue weighted by atomic mass is 10.0. The summed E-state index contributed by atoms with van der Waals surface area (Å²) in [7, 11) is -1.39. The van der Waals surface area contributed by atoms with E-state index < -0.39 is 33.9 Å². The van der Waals surface area contributed by atoms with Gasteiger partial charge in [-0.05, 0) is 47.0 Å². The number of hydrazine groups is 1. The van der Waals surface area contributed by atoms with Crippen molar-refractivity contribution in [1.29, 1.82) is 0 Å². The average molecular weight is 629 g/mol. The van der Waals surface area contributed by atoms with Crippen molar-refractivity contribution in [1.82, 2.24) is 25.5 Å². The molecule has 0 aliphatic carbocycles. The van der Waals surface area contributed by atoms with Crippen LogP contribution in [0.5, 0.6) is 0 Å². The molecule has 0 spiro atoms. The number of amides is 4. The third-order valence-electron chi connectivity index (χ3n) is 7.19. The molecule has 0 unspecified atom stereocenters. The van der Waals surface area contributed by atoms with Crippen LogP contribution < -0.4 is 15.8 Å². The molecule has 2 N–H and O–H groups in total. The first-order valence-corrected chi connectivity index (χ1v) is 15.2. The summed E-state index contributed by atoms with van der Waals surface area (Å²) in [5, 5.41) is 5.26. The second-order valence-corrected chi connectivity index (χ2v) is 12.5. The molecule has 0 radical (unpaired) electrons. The molecule has 4 aromatic rings. The van der Waals surface area contributed by atoms with Gasteiger partial charge in [0.05, 0.1) is 29.8 Å². The topological polar surface area (TPSA) is 134 Å². The number of rotatable bonds is 5. The molecule has 1 aliphatic heterocycles. The number of urea groups is 1. The number of hydrogen-bond acceptors (Lipinski definition) is 6. The molecular formula is C29H27F3N6O5S. The Morgan fingerprint density at radius 1 is 0.932 bits per heavy atom. The van der Waals surface area contributed by atoms with E-state index in [0.717, 1.165) is 22.0 Å². The van der Waals surface area contributed by atoms with Crippen LogP contribution in [-0.2, 0) is 28.2 Å². The van der Waals surface area contributed by atoms with Crippen LogP contribution in [0.4, 0.5) is 23.7 Å². The lowest BCUT2D eigenvalue weighted by Gasteiger charge is -2.33. The fourth-order valence-electron chi connectivity index (χ4n) is 4.72. The second-order valence-electron chi connectivity index (χ2n) is 10.2. The van der Waals surface area contributed by atoms with Crippen molar-refractivity contribution >= 4 is 44.3 Å². The Labute approximate surface area is 250 Å². The molecular weight excluding hydrogens is 601 g/mol. The van der Waals surface area contributed by atoms with Crippen molar-refractivity contribution in [3.05, 3.63) is 84.1 Å². The molecule has 11 nitrogen and oxygen atoms in total. The Hall–Kier alpha value is -4.92. The summed E-state index contributed by atoms with van der Waals surface area (Å²) in [4.78, 5) is 40.0. The van der Waals surface area contributed by atoms with Gasteiger partial charge in [0, 0.05) is 36.8 Å². The number of benzene rings is 3. The zero-order valence-electron chi connectivity index (χ0n) is 23.3. The highest BCUT2D eigenvalue weighted by molar-refractivity contribution is 7.91. The van der Waals surface area contributed by atoms with Crippen LogP contribution in [0.25, 0.3) is 22.0 Å². The van der Waals surface area contributed by atoms with E-state index >= 15 is 0 Å². The van der Waals surface area contributed by atoms with Gasteiger partial charge >= 0.3 is 18.1 Å². The first kappa shape index (κ1) is 30.5. The molecule has 0 saturated carbocycles. The number of carbonyl (C=O) groups excluding carboxylic acids is 3. The van der Waals surface area contributed by atoms with Gasteiger partial charge in [0.15, 0.2) is 9.84 Å². The molecule has 15 heteroatoms. The molecule has 3 aromatic carbocycles. The molecule has 4 amide bonds. The highest BCUT2D eigenvalue weighted by Crippen LogP contribution is 2.29. The third-order valence-corrected chi connectivity index (χ3v) is 8.80. The fourth-order valence-corrected chi connectivity index (χ4v) is 5.92. The molecule has 1 aromatic heterocycles. The van der Waals surface area contributed by atoms with E-state index in [0.29, 0.717) is 11.3 Å². The van der Waals surface area contributed by atoms with Crippen LogP contribution in [0, 0.1) is 0 Å². The van der Waals surface area contributed by atoms with Crippen molar-refractivity contribution in [2.45, 2.75) is 12.7 Å². The van der Waals surface area contributed by atoms with Crippen molar-refractivity contribution in [3.63, 3.8) is 0 Å². The third kappa shape index (κ3) is 6.83. The lowest BCUT2D eigenvalue weighted by molar-refractivity contribution is -0.174. The molecule has 1 saturated heterocycles. The number of nitrogens with zero attached hydrogens (tertiary/aromatic N) is 4. The van der Waals surface area contributed by atoms with Crippen LogP contribution in [0.1, 0.15) is 15.9 Å². The van der Waals surface area contributed by atoms with E-state index in [-0.39, 0.29) is 36.7 Å². The predicted octanol–water partition coefficient (Wildman–Crippen LogP) is 3.42. The summed E-state index contributed by atoms with van der Waals surface area (Å²) in [5.74, 6) is -3.57. The first-order chi connectivity index (χ1) is 20.8. The molecule has 0 bridgehead atoms. The molecule has 230 valence electrons. The van der Waals surface area contributed by atoms with E-state index in [1.807, 2.05) is 43.4 Å². The predicted molar refractivity (Wildman–Crippen MR) is 156 cm³/mol. The number of alkyl halides is 3. The molecule has 1 fully saturated rings. The standard InChI is InChI=1S/C29H27F3N6O5S/c1-36-25-16-22(9-10-23(25)17-33-36)21-3-2-4-24(15-21)38(28(41)37-11-13-44(42,43)14-12-37)18-19-5-7-20(8-6-19)26(39)34-35-27(40)29(30,31)32/h2-10,15-17H,11-14,18H2,1H3,(H,34,39)(H,35,40). The largest absolute Gasteiger partial charge is 0.472 e. The molecule has 2 heterocycles. The van der Waals surface area contributed by atoms with Crippen LogP contribution in [0.15, 0.2) is 72.9 Å². The molecule has 44 heavy (non-hydrogen) atoms. The molecule has 5 rings (SSSR count). The smallest absolute Gasteiger partial charge is 0.322 e. The van der Waals surface area contributed by atoms with E-state index in [1.54, 1.807) is 22.4 Å². The number of carbonyl (C=O) groups is 3. The van der Waals surface area contributed by atoms with E-state index in [1.165, 1.54) is 39.5 Å². The van der Waals surface area contributed by atoms with Crippen LogP contribution in [0.3, 0.4) is 0 Å². The Morgan fingerprint density at radius 3 is 2.30 bits per heavy atom. The summed E-state index contributed by atoms with van der Waals surface area (Å²) < 4.78 is 63.0. The number of aryl methyl sites for hydroxylation is 1. The number of aromatic nitrogens is 2. The van der Waals surface area contributed by atoms with E-state index in [2.05, 4.69) is 5.10 Å². The Kier molecular flexibility index (Phi) is 8.32. The summed E-state index contributed by atoms with van der Waals surface area (Å²) in [6.45, 7) is 0.119. The summed E-state index contributed by atoms with van der Waals surface area (Å²) in [6, 6.07) is 18.6. The Balaban J connectivity index is 1.40. The maximum Gasteiger partial charge on any atom is 0.472 e. The SMILES string of the molecule is Cn1ncc2ccc(-c3cccc(N(Cc4ccc(C(=O)NNC(=O)C(F)(F)F)cc4)C(=O)N4CCS(=O)(=O)CC4)c3)cc21. The monoisotopic (exact) mass is 628 g/mol. The minimum absolute atomic E-state index is 0.0251. The minimum atomic E-state index is -5.16. The van der Waals surface area contributed by atoms with Gasteiger partial charge in [-0.3, -0.25) is 30.0 Å². The van der Waals surface area contributed by atoms with E-state index in [4.69, 9.17) is 0 Å². The van der Waals surface area contributed by atoms with Gasteiger partial charge in [0.25, 0.3) is 5.91 Å². The number of anilines is 1. The number of nitrogens with one attached hydrogen (secondary N) is 2. The Morgan fingerprint density at radius 2 is 1.61 bits per heavy atom. The first-order valence-electron chi connectivity index (χ1n) is 13.4. The van der Waals surface area contributed by atoms with Gasteiger partial charge < -0.3 is 4.90 Å². The van der Waals surface area contributed by atoms with Gasteiger partial charge in [-0.2, -0.15) is 18.3 Å². The fraction of sp³-hybridized carbons (Fsp3) is 0.241. The summed E-state index contributed by atoms with van der Waals surface area (Å²) in [6.07, 6.45) is -3.39. The van der Waals surface area contributed by atoms with Gasteiger partial charge in [0.1, 0.15) is 0 Å².